The van der Waals surface area contributed by atoms with Crippen LogP contribution in [0.2, 0.25) is 0 Å². The summed E-state index contributed by atoms with van der Waals surface area (Å²) in [6.07, 6.45) is -1.45. The van der Waals surface area contributed by atoms with Crippen molar-refractivity contribution in [3.63, 3.8) is 0 Å². The number of ether oxygens (including phenoxy) is 2. The van der Waals surface area contributed by atoms with Crippen LogP contribution in [0.5, 0.6) is 5.75 Å². The van der Waals surface area contributed by atoms with E-state index in [4.69, 9.17) is 19.4 Å². The van der Waals surface area contributed by atoms with Crippen molar-refractivity contribution in [1.29, 1.82) is 0 Å². The highest BCUT2D eigenvalue weighted by atomic mass is 19.4. The predicted molar refractivity (Wildman–Crippen MR) is 117 cm³/mol. The van der Waals surface area contributed by atoms with E-state index in [0.717, 1.165) is 5.56 Å². The highest BCUT2D eigenvalue weighted by Crippen LogP contribution is 2.16. The Bertz CT molecular complexity index is 1050. The van der Waals surface area contributed by atoms with Crippen LogP contribution < -0.4 is 19.7 Å². The van der Waals surface area contributed by atoms with Gasteiger partial charge in [-0.1, -0.05) is 26.0 Å². The van der Waals surface area contributed by atoms with Crippen LogP contribution in [0.3, 0.4) is 0 Å². The average Bonchev–Trinajstić information content (AvgIpc) is 2.79. The Hall–Kier alpha value is -3.96. The smallest absolute Gasteiger partial charge is 0.430 e. The summed E-state index contributed by atoms with van der Waals surface area (Å²) in [5.41, 5.74) is 1.24. The van der Waals surface area contributed by atoms with Crippen LogP contribution >= 0.6 is 0 Å². The maximum atomic E-state index is 12.6. The number of rotatable bonds is 8. The molecule has 1 aromatic heterocycles. The lowest BCUT2D eigenvalue weighted by Gasteiger charge is -2.17. The Morgan fingerprint density at radius 2 is 1.64 bits per heavy atom. The van der Waals surface area contributed by atoms with Gasteiger partial charge in [-0.05, 0) is 30.7 Å². The number of carbonyl (C=O) groups excluding carboxylic acids is 4. The molecule has 0 saturated heterocycles. The second kappa shape index (κ2) is 13.8. The minimum atomic E-state index is -5.19. The summed E-state index contributed by atoms with van der Waals surface area (Å²) in [4.78, 5) is 45.4. The number of aryl methyl sites for hydroxylation is 1. The van der Waals surface area contributed by atoms with Gasteiger partial charge in [0.25, 0.3) is 5.91 Å². The lowest BCUT2D eigenvalue weighted by Crippen LogP contribution is -2.44. The number of aliphatic carboxylic acids is 1. The highest BCUT2D eigenvalue weighted by Gasteiger charge is 2.29. The molecule has 0 bridgehead atoms. The van der Waals surface area contributed by atoms with E-state index in [9.17, 15) is 27.6 Å². The van der Waals surface area contributed by atoms with Gasteiger partial charge in [0.15, 0.2) is 12.4 Å². The fourth-order valence-corrected chi connectivity index (χ4v) is 2.56. The summed E-state index contributed by atoms with van der Waals surface area (Å²) in [5, 5.41) is 11.5. The number of amides is 1. The summed E-state index contributed by atoms with van der Waals surface area (Å²) >= 11 is 0. The first-order chi connectivity index (χ1) is 16.7. The van der Waals surface area contributed by atoms with Crippen molar-refractivity contribution in [2.24, 2.45) is 13.0 Å². The topological polar surface area (TPSA) is 126 Å². The molecule has 1 amide bonds. The van der Waals surface area contributed by atoms with E-state index in [-0.39, 0.29) is 30.8 Å². The number of hydrogen-bond donors (Lipinski definition) is 1. The zero-order valence-corrected chi connectivity index (χ0v) is 20.1. The summed E-state index contributed by atoms with van der Waals surface area (Å²) in [6.45, 7) is 5.45. The first-order valence-electron chi connectivity index (χ1n) is 10.8. The Kier molecular flexibility index (Phi) is 11.5. The second-order valence-corrected chi connectivity index (χ2v) is 7.75. The Morgan fingerprint density at radius 1 is 1.06 bits per heavy atom. The first-order valence-corrected chi connectivity index (χ1v) is 10.8. The molecule has 1 aromatic carbocycles. The molecule has 36 heavy (non-hydrogen) atoms. The van der Waals surface area contributed by atoms with Crippen LogP contribution in [0.15, 0.2) is 48.8 Å². The van der Waals surface area contributed by atoms with Gasteiger partial charge in [-0.3, -0.25) is 9.59 Å². The summed E-state index contributed by atoms with van der Waals surface area (Å²) in [6, 6.07) is 9.43. The van der Waals surface area contributed by atoms with Crippen LogP contribution in [-0.2, 0) is 32.6 Å². The number of hydrogen-bond acceptors (Lipinski definition) is 7. The fraction of sp³-hybridized carbons (Fsp3) is 0.375. The number of carboxylic acid groups (broad SMARTS) is 1. The summed E-state index contributed by atoms with van der Waals surface area (Å²) in [5.74, 6) is -3.98. The van der Waals surface area contributed by atoms with Gasteiger partial charge in [0, 0.05) is 12.5 Å². The van der Waals surface area contributed by atoms with Crippen LogP contribution in [-0.4, -0.2) is 42.6 Å². The second-order valence-electron chi connectivity index (χ2n) is 7.75. The number of benzene rings is 1. The third kappa shape index (κ3) is 10.5. The molecule has 12 heteroatoms. The number of pyridine rings is 1. The molecule has 2 aromatic rings. The molecule has 1 unspecified atom stereocenters. The van der Waals surface area contributed by atoms with Gasteiger partial charge in [0.1, 0.15) is 30.4 Å². The molecule has 0 aliphatic rings. The van der Waals surface area contributed by atoms with E-state index >= 15 is 0 Å². The van der Waals surface area contributed by atoms with Gasteiger partial charge in [-0.15, -0.1) is 0 Å². The minimum Gasteiger partial charge on any atom is -0.542 e. The Balaban J connectivity index is 0.000000809. The molecular formula is C24H27F3N2O7. The van der Waals surface area contributed by atoms with E-state index < -0.39 is 24.2 Å². The van der Waals surface area contributed by atoms with Crippen LogP contribution in [0.4, 0.5) is 13.2 Å². The number of nitrogens with zero attached hydrogens (tertiary/aromatic N) is 1. The van der Waals surface area contributed by atoms with Crippen molar-refractivity contribution in [3.8, 4) is 5.75 Å². The molecule has 0 saturated carbocycles. The van der Waals surface area contributed by atoms with E-state index in [2.05, 4.69) is 5.32 Å². The quantitative estimate of drug-likeness (QED) is 0.321. The zero-order valence-electron chi connectivity index (χ0n) is 20.1. The number of halogens is 3. The number of aromatic nitrogens is 1. The predicted octanol–water partition coefficient (Wildman–Crippen LogP) is 1.28. The number of nitrogens with one attached hydrogen (secondary N) is 1. The first kappa shape index (κ1) is 30.1. The van der Waals surface area contributed by atoms with Gasteiger partial charge in [-0.25, -0.2) is 9.36 Å². The molecule has 0 fully saturated rings. The molecule has 9 nitrogen and oxygen atoms in total. The van der Waals surface area contributed by atoms with Crippen molar-refractivity contribution in [2.45, 2.75) is 39.4 Å². The molecule has 0 spiro atoms. The lowest BCUT2D eigenvalue weighted by atomic mass is 10.1. The van der Waals surface area contributed by atoms with Gasteiger partial charge < -0.3 is 24.7 Å². The minimum absolute atomic E-state index is 0.218. The Morgan fingerprint density at radius 3 is 2.11 bits per heavy atom. The molecule has 0 aliphatic heterocycles. The highest BCUT2D eigenvalue weighted by molar-refractivity contribution is 5.96. The molecule has 196 valence electrons. The number of carboxylic acids is 1. The molecule has 1 heterocycles. The zero-order chi connectivity index (χ0) is 27.5. The molecular weight excluding hydrogens is 485 g/mol. The van der Waals surface area contributed by atoms with Gasteiger partial charge in [-0.2, -0.15) is 13.2 Å². The molecule has 1 N–H and O–H groups in total. The van der Waals surface area contributed by atoms with Crippen molar-refractivity contribution in [1.82, 2.24) is 5.32 Å². The van der Waals surface area contributed by atoms with Gasteiger partial charge in [0.2, 0.25) is 0 Å². The third-order valence-corrected chi connectivity index (χ3v) is 4.36. The van der Waals surface area contributed by atoms with Crippen molar-refractivity contribution >= 4 is 23.8 Å². The fourth-order valence-electron chi connectivity index (χ4n) is 2.56. The molecule has 2 rings (SSSR count). The van der Waals surface area contributed by atoms with Crippen molar-refractivity contribution in [3.05, 3.63) is 59.9 Å². The van der Waals surface area contributed by atoms with Gasteiger partial charge in [0.05, 0.1) is 12.5 Å². The number of esters is 2. The van der Waals surface area contributed by atoms with Crippen LogP contribution in [0.25, 0.3) is 0 Å². The summed E-state index contributed by atoms with van der Waals surface area (Å²) < 4.78 is 43.7. The van der Waals surface area contributed by atoms with Gasteiger partial charge >= 0.3 is 18.1 Å². The van der Waals surface area contributed by atoms with E-state index in [1.165, 1.54) is 0 Å². The Labute approximate surface area is 205 Å². The average molecular weight is 512 g/mol. The third-order valence-electron chi connectivity index (χ3n) is 4.36. The van der Waals surface area contributed by atoms with E-state index in [1.807, 2.05) is 13.2 Å². The van der Waals surface area contributed by atoms with Crippen molar-refractivity contribution < 1.29 is 51.5 Å². The molecule has 0 radical (unpaired) electrons. The largest absolute Gasteiger partial charge is 0.542 e. The summed E-state index contributed by atoms with van der Waals surface area (Å²) in [7, 11) is 1.81. The van der Waals surface area contributed by atoms with Crippen LogP contribution in [0, 0.1) is 5.92 Å². The number of alkyl halides is 3. The maximum absolute atomic E-state index is 12.6. The van der Waals surface area contributed by atoms with Crippen LogP contribution in [0.1, 0.15) is 36.7 Å². The maximum Gasteiger partial charge on any atom is 0.430 e. The molecule has 0 aliphatic carbocycles. The number of carbonyl (C=O) groups is 4. The normalized spacial score (nSPS) is 11.6. The molecule has 1 atom stereocenters. The SMILES string of the molecule is CCOC(=O)C(Cc1ccc(OC(=O)C(C)C)cc1)NC(=O)c1ccc[n+](C)c1.O=C([O-])C(F)(F)F. The monoisotopic (exact) mass is 512 g/mol. The van der Waals surface area contributed by atoms with Crippen molar-refractivity contribution in [2.75, 3.05) is 6.61 Å². The lowest BCUT2D eigenvalue weighted by molar-refractivity contribution is -0.671. The standard InChI is InChI=1S/C22H26N2O5.C2HF3O2/c1-5-28-22(27)19(23-20(25)17-7-6-12-24(4)14-17)13-16-8-10-18(11-9-16)29-21(26)15(2)3;3-2(4,5)1(6)7/h6-12,14-15,19H,5,13H2,1-4H3;(H,6,7). The van der Waals surface area contributed by atoms with E-state index in [0.29, 0.717) is 11.3 Å². The van der Waals surface area contributed by atoms with E-state index in [1.54, 1.807) is 67.9 Å².